The van der Waals surface area contributed by atoms with E-state index in [1.54, 1.807) is 18.2 Å². The summed E-state index contributed by atoms with van der Waals surface area (Å²) < 4.78 is 29.1. The van der Waals surface area contributed by atoms with Crippen molar-refractivity contribution in [1.82, 2.24) is 19.8 Å². The van der Waals surface area contributed by atoms with Crippen molar-refractivity contribution in [3.63, 3.8) is 0 Å². The lowest BCUT2D eigenvalue weighted by Gasteiger charge is -2.09. The van der Waals surface area contributed by atoms with Crippen LogP contribution in [0.15, 0.2) is 63.8 Å². The summed E-state index contributed by atoms with van der Waals surface area (Å²) in [5.74, 6) is 0.580. The van der Waals surface area contributed by atoms with Gasteiger partial charge in [-0.25, -0.2) is 13.4 Å². The molecule has 0 saturated carbocycles. The molecule has 0 aliphatic heterocycles. The largest absolute Gasteiger partial charge is 0.365 e. The number of sulfone groups is 1. The molecule has 3 aromatic heterocycles. The maximum Gasteiger partial charge on any atom is 0.229 e. The van der Waals surface area contributed by atoms with Gasteiger partial charge in [0.05, 0.1) is 15.1 Å². The zero-order valence-corrected chi connectivity index (χ0v) is 19.6. The molecule has 32 heavy (non-hydrogen) atoms. The molecule has 5 aromatic rings. The monoisotopic (exact) mass is 483 g/mol. The van der Waals surface area contributed by atoms with Gasteiger partial charge in [-0.2, -0.15) is 4.52 Å². The molecular weight excluding hydrogens is 466 g/mol. The Morgan fingerprint density at radius 1 is 1.06 bits per heavy atom. The number of benzene rings is 2. The molecule has 0 unspecified atom stereocenters. The van der Waals surface area contributed by atoms with Crippen LogP contribution in [0.25, 0.3) is 15.9 Å². The molecule has 0 atom stereocenters. The zero-order chi connectivity index (χ0) is 22.5. The van der Waals surface area contributed by atoms with Crippen molar-refractivity contribution in [1.29, 1.82) is 0 Å². The van der Waals surface area contributed by atoms with Gasteiger partial charge in [0.2, 0.25) is 14.9 Å². The molecule has 0 saturated heterocycles. The molecule has 0 amide bonds. The molecule has 0 aliphatic rings. The molecule has 1 N–H and O–H groups in total. The van der Waals surface area contributed by atoms with Crippen molar-refractivity contribution < 1.29 is 8.42 Å². The normalized spacial score (nSPS) is 12.0. The number of fused-ring (bicyclic) bond motifs is 3. The molecule has 0 spiro atoms. The van der Waals surface area contributed by atoms with Crippen LogP contribution in [0.3, 0.4) is 0 Å². The fraction of sp³-hybridized carbons (Fsp3) is 0.136. The van der Waals surface area contributed by atoms with Crippen LogP contribution in [0.1, 0.15) is 16.7 Å². The van der Waals surface area contributed by atoms with Crippen LogP contribution in [-0.2, 0) is 16.4 Å². The SMILES string of the molecule is Cc1ccc(S(=O)(=O)c2nnn3c2nc(NCc2ccc(Cl)cc2)c2sccc23)cc1C. The number of hydrogen-bond donors (Lipinski definition) is 1. The van der Waals surface area contributed by atoms with E-state index in [4.69, 9.17) is 11.6 Å². The minimum atomic E-state index is -3.90. The van der Waals surface area contributed by atoms with Gasteiger partial charge in [-0.1, -0.05) is 35.0 Å². The Bertz CT molecular complexity index is 1570. The van der Waals surface area contributed by atoms with Crippen LogP contribution < -0.4 is 5.32 Å². The number of aryl methyl sites for hydroxylation is 2. The predicted octanol–water partition coefficient (Wildman–Crippen LogP) is 5.05. The standard InChI is InChI=1S/C22H18ClN5O2S2/c1-13-3-8-17(11-14(13)2)32(29,30)22-21-25-20(24-12-15-4-6-16(23)7-5-15)19-18(9-10-31-19)28(21)27-26-22/h3-11H,12H2,1-2H3,(H,24,25). The van der Waals surface area contributed by atoms with E-state index in [1.165, 1.54) is 15.9 Å². The van der Waals surface area contributed by atoms with E-state index in [1.807, 2.05) is 49.6 Å². The molecule has 3 heterocycles. The number of thiophene rings is 1. The van der Waals surface area contributed by atoms with Gasteiger partial charge in [0.25, 0.3) is 0 Å². The molecule has 2 aromatic carbocycles. The second-order valence-electron chi connectivity index (χ2n) is 7.45. The second kappa shape index (κ2) is 7.84. The number of anilines is 1. The van der Waals surface area contributed by atoms with Crippen LogP contribution >= 0.6 is 22.9 Å². The van der Waals surface area contributed by atoms with E-state index in [9.17, 15) is 8.42 Å². The van der Waals surface area contributed by atoms with E-state index < -0.39 is 9.84 Å². The van der Waals surface area contributed by atoms with Crippen molar-refractivity contribution in [2.24, 2.45) is 0 Å². The predicted molar refractivity (Wildman–Crippen MR) is 126 cm³/mol. The summed E-state index contributed by atoms with van der Waals surface area (Å²) in [7, 11) is -3.90. The first-order valence-electron chi connectivity index (χ1n) is 9.78. The van der Waals surface area contributed by atoms with Crippen LogP contribution in [0.5, 0.6) is 0 Å². The first-order valence-corrected chi connectivity index (χ1v) is 12.5. The third-order valence-corrected chi connectivity index (χ3v) is 8.15. The number of halogens is 1. The zero-order valence-electron chi connectivity index (χ0n) is 17.2. The van der Waals surface area contributed by atoms with Crippen molar-refractivity contribution in [2.75, 3.05) is 5.32 Å². The first-order chi connectivity index (χ1) is 15.3. The third-order valence-electron chi connectivity index (χ3n) is 5.34. The van der Waals surface area contributed by atoms with Gasteiger partial charge in [0.15, 0.2) is 5.65 Å². The maximum atomic E-state index is 13.4. The molecular formula is C22H18ClN5O2S2. The molecule has 162 valence electrons. The van der Waals surface area contributed by atoms with Crippen molar-refractivity contribution in [2.45, 2.75) is 30.3 Å². The number of aromatic nitrogens is 4. The fourth-order valence-electron chi connectivity index (χ4n) is 3.40. The molecule has 10 heteroatoms. The van der Waals surface area contributed by atoms with E-state index >= 15 is 0 Å². The van der Waals surface area contributed by atoms with E-state index in [-0.39, 0.29) is 15.6 Å². The van der Waals surface area contributed by atoms with Gasteiger partial charge in [-0.15, -0.1) is 16.4 Å². The minimum absolute atomic E-state index is 0.164. The third kappa shape index (κ3) is 3.52. The van der Waals surface area contributed by atoms with E-state index in [0.717, 1.165) is 26.9 Å². The summed E-state index contributed by atoms with van der Waals surface area (Å²) in [5.41, 5.74) is 3.86. The van der Waals surface area contributed by atoms with Gasteiger partial charge in [-0.05, 0) is 66.2 Å². The highest BCUT2D eigenvalue weighted by Gasteiger charge is 2.27. The topological polar surface area (TPSA) is 89.2 Å². The van der Waals surface area contributed by atoms with Gasteiger partial charge in [0, 0.05) is 11.6 Å². The summed E-state index contributed by atoms with van der Waals surface area (Å²) in [6, 6.07) is 14.4. The lowest BCUT2D eigenvalue weighted by Crippen LogP contribution is -2.07. The smallest absolute Gasteiger partial charge is 0.229 e. The first kappa shape index (κ1) is 20.9. The van der Waals surface area contributed by atoms with Gasteiger partial charge < -0.3 is 5.32 Å². The Kier molecular flexibility index (Phi) is 5.11. The Morgan fingerprint density at radius 3 is 2.59 bits per heavy atom. The average molecular weight is 484 g/mol. The van der Waals surface area contributed by atoms with Crippen LogP contribution in [0.4, 0.5) is 5.82 Å². The lowest BCUT2D eigenvalue weighted by atomic mass is 10.1. The fourth-order valence-corrected chi connectivity index (χ4v) is 5.68. The highest BCUT2D eigenvalue weighted by Crippen LogP contribution is 2.31. The van der Waals surface area contributed by atoms with Crippen LogP contribution in [0, 0.1) is 13.8 Å². The molecule has 0 bridgehead atoms. The van der Waals surface area contributed by atoms with Gasteiger partial charge in [-0.3, -0.25) is 0 Å². The average Bonchev–Trinajstić information content (AvgIpc) is 3.42. The minimum Gasteiger partial charge on any atom is -0.365 e. The Morgan fingerprint density at radius 2 is 1.84 bits per heavy atom. The van der Waals surface area contributed by atoms with Crippen LogP contribution in [0.2, 0.25) is 5.02 Å². The summed E-state index contributed by atoms with van der Waals surface area (Å²) in [4.78, 5) is 4.80. The molecule has 7 nitrogen and oxygen atoms in total. The Labute approximate surface area is 193 Å². The van der Waals surface area contributed by atoms with Crippen LogP contribution in [-0.4, -0.2) is 28.2 Å². The quantitative estimate of drug-likeness (QED) is 0.376. The number of nitrogens with one attached hydrogen (secondary N) is 1. The van der Waals surface area contributed by atoms with Gasteiger partial charge in [0.1, 0.15) is 5.82 Å². The van der Waals surface area contributed by atoms with Crippen molar-refractivity contribution >= 4 is 54.5 Å². The summed E-state index contributed by atoms with van der Waals surface area (Å²) in [6.45, 7) is 4.32. The summed E-state index contributed by atoms with van der Waals surface area (Å²) in [5, 5.41) is 13.9. The number of hydrogen-bond acceptors (Lipinski definition) is 7. The van der Waals surface area contributed by atoms with Crippen molar-refractivity contribution in [3.05, 3.63) is 75.6 Å². The number of nitrogens with zero attached hydrogens (tertiary/aromatic N) is 4. The summed E-state index contributed by atoms with van der Waals surface area (Å²) in [6.07, 6.45) is 0. The molecule has 5 rings (SSSR count). The Hall–Kier alpha value is -3.01. The molecule has 0 fully saturated rings. The van der Waals surface area contributed by atoms with Crippen molar-refractivity contribution in [3.8, 4) is 0 Å². The number of rotatable bonds is 5. The maximum absolute atomic E-state index is 13.4. The summed E-state index contributed by atoms with van der Waals surface area (Å²) >= 11 is 7.47. The highest BCUT2D eigenvalue weighted by atomic mass is 35.5. The van der Waals surface area contributed by atoms with E-state index in [2.05, 4.69) is 20.6 Å². The van der Waals surface area contributed by atoms with E-state index in [0.29, 0.717) is 17.4 Å². The molecule has 0 radical (unpaired) electrons. The molecule has 0 aliphatic carbocycles. The Balaban J connectivity index is 1.62. The lowest BCUT2D eigenvalue weighted by molar-refractivity contribution is 0.592. The van der Waals surface area contributed by atoms with Gasteiger partial charge >= 0.3 is 0 Å². The highest BCUT2D eigenvalue weighted by molar-refractivity contribution is 7.91. The second-order valence-corrected chi connectivity index (χ2v) is 10.7.